The minimum atomic E-state index is -0.141. The maximum atomic E-state index is 12.3. The Morgan fingerprint density at radius 2 is 1.83 bits per heavy atom. The summed E-state index contributed by atoms with van der Waals surface area (Å²) in [6.45, 7) is 1.46. The predicted molar refractivity (Wildman–Crippen MR) is 115 cm³/mol. The second-order valence-corrected chi connectivity index (χ2v) is 7.68. The van der Waals surface area contributed by atoms with Gasteiger partial charge in [0.2, 0.25) is 11.9 Å². The molecule has 0 radical (unpaired) electrons. The van der Waals surface area contributed by atoms with Gasteiger partial charge in [-0.2, -0.15) is 0 Å². The average Bonchev–Trinajstić information content (AvgIpc) is 3.12. The highest BCUT2D eigenvalue weighted by Gasteiger charge is 2.16. The summed E-state index contributed by atoms with van der Waals surface area (Å²) >= 11 is 1.34. The Bertz CT molecular complexity index is 1250. The van der Waals surface area contributed by atoms with E-state index in [1.54, 1.807) is 32.4 Å². The van der Waals surface area contributed by atoms with Crippen LogP contribution >= 0.6 is 11.3 Å². The molecular weight excluding hydrogens is 388 g/mol. The molecule has 2 amide bonds. The summed E-state index contributed by atoms with van der Waals surface area (Å²) in [6, 6.07) is 11.1. The Morgan fingerprint density at radius 1 is 1.03 bits per heavy atom. The topological polar surface area (TPSA) is 100 Å². The maximum Gasteiger partial charge on any atom is 0.282 e. The van der Waals surface area contributed by atoms with E-state index in [4.69, 9.17) is 0 Å². The van der Waals surface area contributed by atoms with E-state index in [0.717, 1.165) is 15.8 Å². The van der Waals surface area contributed by atoms with Gasteiger partial charge >= 0.3 is 0 Å². The molecular formula is C20H18N6O2S. The van der Waals surface area contributed by atoms with E-state index < -0.39 is 0 Å². The van der Waals surface area contributed by atoms with Gasteiger partial charge in [-0.25, -0.2) is 15.0 Å². The number of hydrogen-bond acceptors (Lipinski definition) is 7. The molecule has 2 N–H and O–H groups in total. The Kier molecular flexibility index (Phi) is 4.81. The van der Waals surface area contributed by atoms with E-state index in [1.807, 2.05) is 24.3 Å². The van der Waals surface area contributed by atoms with Crippen LogP contribution in [0.5, 0.6) is 0 Å². The molecule has 29 heavy (non-hydrogen) atoms. The number of nitrogens with one attached hydrogen (secondary N) is 2. The summed E-state index contributed by atoms with van der Waals surface area (Å²) in [7, 11) is 3.40. The molecule has 2 aromatic heterocycles. The lowest BCUT2D eigenvalue weighted by atomic mass is 10.2. The van der Waals surface area contributed by atoms with Gasteiger partial charge in [0.05, 0.1) is 4.70 Å². The van der Waals surface area contributed by atoms with E-state index in [0.29, 0.717) is 27.7 Å². The van der Waals surface area contributed by atoms with Crippen molar-refractivity contribution < 1.29 is 9.59 Å². The van der Waals surface area contributed by atoms with Crippen molar-refractivity contribution in [2.24, 2.45) is 0 Å². The molecule has 9 heteroatoms. The zero-order valence-electron chi connectivity index (χ0n) is 16.1. The van der Waals surface area contributed by atoms with Crippen LogP contribution in [0.2, 0.25) is 0 Å². The number of aromatic nitrogens is 3. The molecule has 8 nitrogen and oxygen atoms in total. The van der Waals surface area contributed by atoms with Crippen molar-refractivity contribution >= 4 is 61.6 Å². The number of rotatable bonds is 4. The number of nitrogens with zero attached hydrogens (tertiary/aromatic N) is 4. The number of carbonyl (C=O) groups excluding carboxylic acids is 2. The molecule has 0 spiro atoms. The zero-order valence-corrected chi connectivity index (χ0v) is 16.9. The van der Waals surface area contributed by atoms with Gasteiger partial charge in [0.25, 0.3) is 5.91 Å². The van der Waals surface area contributed by atoms with Crippen LogP contribution in [-0.4, -0.2) is 45.8 Å². The van der Waals surface area contributed by atoms with Crippen molar-refractivity contribution in [3.05, 3.63) is 47.6 Å². The van der Waals surface area contributed by atoms with Gasteiger partial charge < -0.3 is 15.5 Å². The maximum absolute atomic E-state index is 12.3. The highest BCUT2D eigenvalue weighted by atomic mass is 32.1. The standard InChI is InChI=1S/C20H18N6O2S/c1-11(27)22-13-5-4-6-14(9-13)23-20-21-10-12-7-8-15-17(16(12)25-20)24-18(29-15)19(28)26(2)3/h4-10H,1-3H3,(H,22,27)(H,21,23,25). The molecule has 0 saturated carbocycles. The summed E-state index contributed by atoms with van der Waals surface area (Å²) in [6.07, 6.45) is 1.72. The molecule has 0 aliphatic heterocycles. The minimum absolute atomic E-state index is 0.137. The molecule has 4 rings (SSSR count). The quantitative estimate of drug-likeness (QED) is 0.537. The fraction of sp³-hybridized carbons (Fsp3) is 0.150. The van der Waals surface area contributed by atoms with Gasteiger partial charge in [-0.3, -0.25) is 9.59 Å². The van der Waals surface area contributed by atoms with Gasteiger partial charge in [-0.1, -0.05) is 6.07 Å². The highest BCUT2D eigenvalue weighted by molar-refractivity contribution is 7.20. The van der Waals surface area contributed by atoms with Crippen molar-refractivity contribution in [1.29, 1.82) is 0 Å². The first-order valence-corrected chi connectivity index (χ1v) is 9.65. The van der Waals surface area contributed by atoms with Gasteiger partial charge in [0, 0.05) is 44.0 Å². The van der Waals surface area contributed by atoms with Crippen LogP contribution in [0.25, 0.3) is 21.1 Å². The van der Waals surface area contributed by atoms with Crippen molar-refractivity contribution in [3.63, 3.8) is 0 Å². The van der Waals surface area contributed by atoms with Gasteiger partial charge in [0.1, 0.15) is 11.0 Å². The van der Waals surface area contributed by atoms with Crippen LogP contribution < -0.4 is 10.6 Å². The van der Waals surface area contributed by atoms with Gasteiger partial charge in [-0.05, 0) is 30.3 Å². The average molecular weight is 406 g/mol. The third kappa shape index (κ3) is 3.85. The van der Waals surface area contributed by atoms with Crippen molar-refractivity contribution in [2.45, 2.75) is 6.92 Å². The van der Waals surface area contributed by atoms with Crippen LogP contribution in [0, 0.1) is 0 Å². The molecule has 0 unspecified atom stereocenters. The van der Waals surface area contributed by atoms with E-state index in [2.05, 4.69) is 25.6 Å². The summed E-state index contributed by atoms with van der Waals surface area (Å²) in [4.78, 5) is 38.5. The fourth-order valence-corrected chi connectivity index (χ4v) is 3.82. The highest BCUT2D eigenvalue weighted by Crippen LogP contribution is 2.29. The number of thiazole rings is 1. The summed E-state index contributed by atoms with van der Waals surface area (Å²) in [5.41, 5.74) is 2.77. The number of hydrogen-bond donors (Lipinski definition) is 2. The molecule has 0 aliphatic carbocycles. The fourth-order valence-electron chi connectivity index (χ4n) is 2.83. The number of fused-ring (bicyclic) bond motifs is 3. The molecule has 4 aromatic rings. The van der Waals surface area contributed by atoms with E-state index >= 15 is 0 Å². The number of amides is 2. The van der Waals surface area contributed by atoms with Crippen molar-refractivity contribution in [3.8, 4) is 0 Å². The normalized spacial score (nSPS) is 10.9. The Balaban J connectivity index is 1.72. The predicted octanol–water partition coefficient (Wildman–Crippen LogP) is 3.64. The lowest BCUT2D eigenvalue weighted by Gasteiger charge is -2.08. The Labute approximate surface area is 170 Å². The smallest absolute Gasteiger partial charge is 0.282 e. The molecule has 0 fully saturated rings. The van der Waals surface area contributed by atoms with E-state index in [-0.39, 0.29) is 11.8 Å². The molecule has 146 valence electrons. The third-order valence-corrected chi connectivity index (χ3v) is 5.15. The lowest BCUT2D eigenvalue weighted by Crippen LogP contribution is -2.21. The minimum Gasteiger partial charge on any atom is -0.343 e. The van der Waals surface area contributed by atoms with E-state index in [1.165, 1.54) is 23.2 Å². The van der Waals surface area contributed by atoms with Crippen LogP contribution in [0.1, 0.15) is 16.7 Å². The third-order valence-electron chi connectivity index (χ3n) is 4.14. The first-order chi connectivity index (χ1) is 13.9. The zero-order chi connectivity index (χ0) is 20.5. The largest absolute Gasteiger partial charge is 0.343 e. The summed E-state index contributed by atoms with van der Waals surface area (Å²) in [5, 5.41) is 7.15. The number of carbonyl (C=O) groups is 2. The summed E-state index contributed by atoms with van der Waals surface area (Å²) in [5.74, 6) is 0.123. The van der Waals surface area contributed by atoms with Crippen LogP contribution in [0.15, 0.2) is 42.6 Å². The Morgan fingerprint density at radius 3 is 2.59 bits per heavy atom. The van der Waals surface area contributed by atoms with Crippen molar-refractivity contribution in [1.82, 2.24) is 19.9 Å². The van der Waals surface area contributed by atoms with Crippen LogP contribution in [0.3, 0.4) is 0 Å². The molecule has 0 atom stereocenters. The molecule has 0 bridgehead atoms. The molecule has 2 aromatic carbocycles. The summed E-state index contributed by atoms with van der Waals surface area (Å²) < 4.78 is 0.889. The monoisotopic (exact) mass is 406 g/mol. The molecule has 0 saturated heterocycles. The van der Waals surface area contributed by atoms with Crippen LogP contribution in [-0.2, 0) is 4.79 Å². The first-order valence-electron chi connectivity index (χ1n) is 8.83. The van der Waals surface area contributed by atoms with Crippen LogP contribution in [0.4, 0.5) is 17.3 Å². The number of anilines is 3. The second-order valence-electron chi connectivity index (χ2n) is 6.65. The Hall–Kier alpha value is -3.59. The molecule has 0 aliphatic rings. The van der Waals surface area contributed by atoms with Gasteiger partial charge in [0.15, 0.2) is 5.01 Å². The number of benzene rings is 2. The second kappa shape index (κ2) is 7.44. The van der Waals surface area contributed by atoms with E-state index in [9.17, 15) is 9.59 Å². The lowest BCUT2D eigenvalue weighted by molar-refractivity contribution is -0.114. The van der Waals surface area contributed by atoms with Gasteiger partial charge in [-0.15, -0.1) is 11.3 Å². The SMILES string of the molecule is CC(=O)Nc1cccc(Nc2ncc3ccc4sc(C(=O)N(C)C)nc4c3n2)c1. The molecule has 2 heterocycles. The van der Waals surface area contributed by atoms with Crippen molar-refractivity contribution in [2.75, 3.05) is 24.7 Å². The first kappa shape index (κ1) is 18.8.